The molecule has 2 aromatic heterocycles. The lowest BCUT2D eigenvalue weighted by molar-refractivity contribution is -0.0479. The zero-order chi connectivity index (χ0) is 13.2. The Labute approximate surface area is 111 Å². The van der Waals surface area contributed by atoms with E-state index < -0.39 is 0 Å². The molecule has 6 heteroatoms. The van der Waals surface area contributed by atoms with Crippen molar-refractivity contribution in [1.29, 1.82) is 0 Å². The minimum atomic E-state index is 0.0721. The summed E-state index contributed by atoms with van der Waals surface area (Å²) in [4.78, 5) is 4.18. The smallest absolute Gasteiger partial charge is 0.216 e. The van der Waals surface area contributed by atoms with Gasteiger partial charge in [0.15, 0.2) is 5.65 Å². The van der Waals surface area contributed by atoms with Gasteiger partial charge in [0.05, 0.1) is 6.10 Å². The van der Waals surface area contributed by atoms with Crippen molar-refractivity contribution in [2.45, 2.75) is 26.1 Å². The molecule has 102 valence electrons. The second kappa shape index (κ2) is 5.14. The highest BCUT2D eigenvalue weighted by Crippen LogP contribution is 2.16. The maximum absolute atomic E-state index is 5.84. The fourth-order valence-electron chi connectivity index (χ4n) is 2.27. The molecule has 3 heterocycles. The van der Waals surface area contributed by atoms with Crippen molar-refractivity contribution in [2.24, 2.45) is 0 Å². The Kier molecular flexibility index (Phi) is 3.35. The second-order valence-electron chi connectivity index (χ2n) is 4.94. The van der Waals surface area contributed by atoms with Crippen LogP contribution in [0, 0.1) is 6.92 Å². The summed E-state index contributed by atoms with van der Waals surface area (Å²) in [5.41, 5.74) is 1.90. The van der Waals surface area contributed by atoms with Crippen LogP contribution in [0.15, 0.2) is 18.5 Å². The van der Waals surface area contributed by atoms with Crippen LogP contribution in [0.4, 0.5) is 0 Å². The first kappa shape index (κ1) is 12.4. The predicted molar refractivity (Wildman–Crippen MR) is 70.4 cm³/mol. The number of hydrogen-bond donors (Lipinski definition) is 1. The first-order valence-corrected chi connectivity index (χ1v) is 6.52. The molecule has 2 aromatic rings. The quantitative estimate of drug-likeness (QED) is 0.886. The van der Waals surface area contributed by atoms with Crippen LogP contribution in [0.5, 0.6) is 5.88 Å². The van der Waals surface area contributed by atoms with Crippen molar-refractivity contribution in [2.75, 3.05) is 19.7 Å². The van der Waals surface area contributed by atoms with Crippen LogP contribution in [0.1, 0.15) is 12.5 Å². The van der Waals surface area contributed by atoms with Crippen molar-refractivity contribution in [3.05, 3.63) is 24.0 Å². The Balaban J connectivity index is 1.72. The number of morpholine rings is 1. The van der Waals surface area contributed by atoms with Gasteiger partial charge in [0.25, 0.3) is 0 Å². The van der Waals surface area contributed by atoms with Crippen molar-refractivity contribution in [1.82, 2.24) is 19.9 Å². The molecule has 1 aliphatic heterocycles. The van der Waals surface area contributed by atoms with Gasteiger partial charge < -0.3 is 14.8 Å². The third-order valence-corrected chi connectivity index (χ3v) is 3.14. The SMILES string of the molecule is Cc1cc(OCC2CNCC(C)O2)n2ncnc2c1. The van der Waals surface area contributed by atoms with E-state index in [1.54, 1.807) is 4.52 Å². The number of pyridine rings is 1. The topological polar surface area (TPSA) is 60.7 Å². The maximum Gasteiger partial charge on any atom is 0.216 e. The van der Waals surface area contributed by atoms with Crippen LogP contribution in [-0.4, -0.2) is 46.5 Å². The minimum Gasteiger partial charge on any atom is -0.475 e. The monoisotopic (exact) mass is 262 g/mol. The number of aromatic nitrogens is 3. The summed E-state index contributed by atoms with van der Waals surface area (Å²) >= 11 is 0. The van der Waals surface area contributed by atoms with Gasteiger partial charge in [0, 0.05) is 19.2 Å². The van der Waals surface area contributed by atoms with E-state index in [-0.39, 0.29) is 12.2 Å². The van der Waals surface area contributed by atoms with Gasteiger partial charge in [-0.15, -0.1) is 0 Å². The van der Waals surface area contributed by atoms with E-state index in [0.717, 1.165) is 24.3 Å². The lowest BCUT2D eigenvalue weighted by Crippen LogP contribution is -2.45. The predicted octanol–water partition coefficient (Wildman–Crippen LogP) is 0.793. The van der Waals surface area contributed by atoms with Crippen LogP contribution < -0.4 is 10.1 Å². The molecule has 2 atom stereocenters. The molecule has 0 aliphatic carbocycles. The standard InChI is InChI=1S/C13H18N4O2/c1-9-3-12-15-8-16-17(12)13(4-9)18-7-11-6-14-5-10(2)19-11/h3-4,8,10-11,14H,5-7H2,1-2H3. The average molecular weight is 262 g/mol. The third-order valence-electron chi connectivity index (χ3n) is 3.14. The normalized spacial score (nSPS) is 23.7. The lowest BCUT2D eigenvalue weighted by atomic mass is 10.2. The minimum absolute atomic E-state index is 0.0721. The van der Waals surface area contributed by atoms with Gasteiger partial charge in [-0.05, 0) is 25.5 Å². The number of nitrogens with one attached hydrogen (secondary N) is 1. The van der Waals surface area contributed by atoms with E-state index in [9.17, 15) is 0 Å². The highest BCUT2D eigenvalue weighted by atomic mass is 16.5. The molecule has 0 saturated carbocycles. The van der Waals surface area contributed by atoms with Crippen molar-refractivity contribution in [3.8, 4) is 5.88 Å². The van der Waals surface area contributed by atoms with E-state index in [1.807, 2.05) is 19.1 Å². The average Bonchev–Trinajstić information content (AvgIpc) is 2.84. The van der Waals surface area contributed by atoms with E-state index in [1.165, 1.54) is 6.33 Å². The third kappa shape index (κ3) is 2.69. The zero-order valence-corrected chi connectivity index (χ0v) is 11.2. The van der Waals surface area contributed by atoms with E-state index in [2.05, 4.69) is 22.3 Å². The fraction of sp³-hybridized carbons (Fsp3) is 0.538. The number of aryl methyl sites for hydroxylation is 1. The van der Waals surface area contributed by atoms with E-state index in [4.69, 9.17) is 9.47 Å². The number of nitrogens with zero attached hydrogens (tertiary/aromatic N) is 3. The molecule has 0 radical (unpaired) electrons. The van der Waals surface area contributed by atoms with Crippen LogP contribution in [0.25, 0.3) is 5.65 Å². The number of ether oxygens (including phenoxy) is 2. The molecular weight excluding hydrogens is 244 g/mol. The van der Waals surface area contributed by atoms with Crippen molar-refractivity contribution in [3.63, 3.8) is 0 Å². The second-order valence-corrected chi connectivity index (χ2v) is 4.94. The van der Waals surface area contributed by atoms with Gasteiger partial charge in [-0.1, -0.05) is 0 Å². The van der Waals surface area contributed by atoms with Crippen LogP contribution in [0.2, 0.25) is 0 Å². The maximum atomic E-state index is 5.84. The molecule has 0 amide bonds. The highest BCUT2D eigenvalue weighted by Gasteiger charge is 2.19. The number of fused-ring (bicyclic) bond motifs is 1. The van der Waals surface area contributed by atoms with Gasteiger partial charge >= 0.3 is 0 Å². The first-order chi connectivity index (χ1) is 9.22. The molecule has 3 rings (SSSR count). The summed E-state index contributed by atoms with van der Waals surface area (Å²) in [6.07, 6.45) is 1.83. The van der Waals surface area contributed by atoms with Gasteiger partial charge in [0.2, 0.25) is 5.88 Å². The summed E-state index contributed by atoms with van der Waals surface area (Å²) in [6.45, 7) is 6.30. The lowest BCUT2D eigenvalue weighted by Gasteiger charge is -2.28. The molecule has 19 heavy (non-hydrogen) atoms. The Morgan fingerprint density at radius 2 is 2.37 bits per heavy atom. The van der Waals surface area contributed by atoms with Gasteiger partial charge in [-0.3, -0.25) is 0 Å². The molecule has 0 spiro atoms. The Hall–Kier alpha value is -1.66. The van der Waals surface area contributed by atoms with Gasteiger partial charge in [0.1, 0.15) is 19.0 Å². The highest BCUT2D eigenvalue weighted by molar-refractivity contribution is 5.43. The summed E-state index contributed by atoms with van der Waals surface area (Å²) in [6, 6.07) is 3.93. The molecule has 6 nitrogen and oxygen atoms in total. The summed E-state index contributed by atoms with van der Waals surface area (Å²) in [5, 5.41) is 7.49. The number of rotatable bonds is 3. The molecular formula is C13H18N4O2. The molecule has 2 unspecified atom stereocenters. The molecule has 1 fully saturated rings. The fourth-order valence-corrected chi connectivity index (χ4v) is 2.27. The Morgan fingerprint density at radius 3 is 3.21 bits per heavy atom. The van der Waals surface area contributed by atoms with E-state index in [0.29, 0.717) is 12.5 Å². The molecule has 1 saturated heterocycles. The van der Waals surface area contributed by atoms with Gasteiger partial charge in [-0.2, -0.15) is 9.61 Å². The first-order valence-electron chi connectivity index (χ1n) is 6.52. The van der Waals surface area contributed by atoms with Gasteiger partial charge in [-0.25, -0.2) is 4.98 Å². The molecule has 1 aliphatic rings. The zero-order valence-electron chi connectivity index (χ0n) is 11.2. The van der Waals surface area contributed by atoms with Crippen LogP contribution in [-0.2, 0) is 4.74 Å². The van der Waals surface area contributed by atoms with Crippen LogP contribution >= 0.6 is 0 Å². The van der Waals surface area contributed by atoms with Crippen molar-refractivity contribution < 1.29 is 9.47 Å². The number of hydrogen-bond acceptors (Lipinski definition) is 5. The summed E-state index contributed by atoms with van der Waals surface area (Å²) in [7, 11) is 0. The molecule has 0 aromatic carbocycles. The Bertz CT molecular complexity index is 569. The van der Waals surface area contributed by atoms with Crippen molar-refractivity contribution >= 4 is 5.65 Å². The molecule has 1 N–H and O–H groups in total. The molecule has 0 bridgehead atoms. The summed E-state index contributed by atoms with van der Waals surface area (Å²) in [5.74, 6) is 0.703. The van der Waals surface area contributed by atoms with E-state index >= 15 is 0 Å². The Morgan fingerprint density at radius 1 is 1.47 bits per heavy atom. The summed E-state index contributed by atoms with van der Waals surface area (Å²) < 4.78 is 13.3. The van der Waals surface area contributed by atoms with Crippen LogP contribution in [0.3, 0.4) is 0 Å². The largest absolute Gasteiger partial charge is 0.475 e.